The van der Waals surface area contributed by atoms with E-state index in [2.05, 4.69) is 25.6 Å². The number of halogens is 1. The number of benzene rings is 1. The maximum absolute atomic E-state index is 12.6. The second-order valence-electron chi connectivity index (χ2n) is 7.89. The summed E-state index contributed by atoms with van der Waals surface area (Å²) in [5.74, 6) is 0.956. The van der Waals surface area contributed by atoms with E-state index in [1.807, 2.05) is 25.1 Å². The van der Waals surface area contributed by atoms with Crippen molar-refractivity contribution in [3.8, 4) is 0 Å². The van der Waals surface area contributed by atoms with Crippen molar-refractivity contribution in [3.05, 3.63) is 76.2 Å². The number of amides is 1. The molecule has 0 saturated heterocycles. The number of rotatable bonds is 6. The average Bonchev–Trinajstić information content (AvgIpc) is 2.83. The summed E-state index contributed by atoms with van der Waals surface area (Å²) in [7, 11) is 3.38. The van der Waals surface area contributed by atoms with Gasteiger partial charge < -0.3 is 20.1 Å². The van der Waals surface area contributed by atoms with Crippen LogP contribution in [0.3, 0.4) is 0 Å². The van der Waals surface area contributed by atoms with Crippen LogP contribution in [0.4, 0.5) is 22.9 Å². The van der Waals surface area contributed by atoms with Gasteiger partial charge in [-0.05, 0) is 31.2 Å². The van der Waals surface area contributed by atoms with Crippen molar-refractivity contribution in [1.29, 1.82) is 0 Å². The molecule has 0 aliphatic rings. The van der Waals surface area contributed by atoms with E-state index in [1.54, 1.807) is 49.3 Å². The van der Waals surface area contributed by atoms with Gasteiger partial charge in [0.05, 0.1) is 28.5 Å². The molecule has 1 amide bonds. The normalized spacial score (nSPS) is 11.8. The van der Waals surface area contributed by atoms with Crippen LogP contribution >= 0.6 is 11.6 Å². The van der Waals surface area contributed by atoms with Crippen molar-refractivity contribution >= 4 is 51.3 Å². The van der Waals surface area contributed by atoms with Gasteiger partial charge in [-0.3, -0.25) is 9.59 Å². The molecule has 4 rings (SSSR count). The molecule has 174 valence electrons. The Hall–Kier alpha value is -3.98. The summed E-state index contributed by atoms with van der Waals surface area (Å²) in [6.45, 7) is 3.40. The van der Waals surface area contributed by atoms with Crippen molar-refractivity contribution in [3.63, 3.8) is 0 Å². The molecule has 3 aromatic heterocycles. The van der Waals surface area contributed by atoms with E-state index in [9.17, 15) is 9.59 Å². The average molecular weight is 478 g/mol. The predicted octanol–water partition coefficient (Wildman–Crippen LogP) is 4.28. The molecule has 2 N–H and O–H groups in total. The zero-order valence-corrected chi connectivity index (χ0v) is 20.0. The van der Waals surface area contributed by atoms with Gasteiger partial charge in [0, 0.05) is 62.3 Å². The maximum atomic E-state index is 12.6. The van der Waals surface area contributed by atoms with E-state index in [-0.39, 0.29) is 17.5 Å². The molecule has 3 heterocycles. The summed E-state index contributed by atoms with van der Waals surface area (Å²) in [4.78, 5) is 38.5. The van der Waals surface area contributed by atoms with E-state index in [4.69, 9.17) is 11.6 Å². The van der Waals surface area contributed by atoms with Crippen LogP contribution in [-0.4, -0.2) is 32.5 Å². The van der Waals surface area contributed by atoms with Crippen molar-refractivity contribution < 1.29 is 4.79 Å². The first-order chi connectivity index (χ1) is 16.2. The van der Waals surface area contributed by atoms with Crippen LogP contribution in [0.25, 0.3) is 10.9 Å². The lowest BCUT2D eigenvalue weighted by molar-refractivity contribution is -0.116. The third kappa shape index (κ3) is 4.69. The highest BCUT2D eigenvalue weighted by Gasteiger charge is 2.14. The van der Waals surface area contributed by atoms with Gasteiger partial charge in [-0.1, -0.05) is 11.6 Å². The summed E-state index contributed by atoms with van der Waals surface area (Å²) in [6.07, 6.45) is 4.86. The van der Waals surface area contributed by atoms with Gasteiger partial charge in [0.15, 0.2) is 0 Å². The first-order valence-corrected chi connectivity index (χ1v) is 11.0. The summed E-state index contributed by atoms with van der Waals surface area (Å²) in [6, 6.07) is 10.5. The summed E-state index contributed by atoms with van der Waals surface area (Å²) in [5, 5.41) is 7.90. The number of anilines is 4. The Morgan fingerprint density at radius 1 is 1.12 bits per heavy atom. The van der Waals surface area contributed by atoms with Gasteiger partial charge in [-0.25, -0.2) is 15.0 Å². The quantitative estimate of drug-likeness (QED) is 0.427. The monoisotopic (exact) mass is 477 g/mol. The predicted molar refractivity (Wildman–Crippen MR) is 135 cm³/mol. The van der Waals surface area contributed by atoms with Crippen LogP contribution in [0.1, 0.15) is 25.7 Å². The van der Waals surface area contributed by atoms with Gasteiger partial charge in [-0.2, -0.15) is 0 Å². The Kier molecular flexibility index (Phi) is 6.47. The number of carbonyl (C=O) groups is 1. The Morgan fingerprint density at radius 3 is 2.56 bits per heavy atom. The molecular formula is C24H24ClN7O2. The largest absolute Gasteiger partial charge is 0.375 e. The van der Waals surface area contributed by atoms with Gasteiger partial charge in [-0.15, -0.1) is 0 Å². The number of hydrogen-bond donors (Lipinski definition) is 2. The standard InChI is InChI=1S/C24H24ClN7O2/c1-14(24-26-8-5-9-27-24)29-19-12-23(34)32(4)21-7-6-16(10-17(19)21)30-20-11-22(28-13-18(20)25)31(3)15(2)33/h5-14,29H,1-4H3,(H,28,30). The molecule has 1 aromatic carbocycles. The number of pyridine rings is 2. The molecule has 34 heavy (non-hydrogen) atoms. The van der Waals surface area contributed by atoms with Crippen LogP contribution < -0.4 is 21.1 Å². The molecule has 0 spiro atoms. The zero-order chi connectivity index (χ0) is 24.4. The molecule has 0 aliphatic carbocycles. The number of carbonyl (C=O) groups excluding carboxylic acids is 1. The Labute approximate surface area is 201 Å². The smallest absolute Gasteiger partial charge is 0.252 e. The minimum atomic E-state index is -0.215. The zero-order valence-electron chi connectivity index (χ0n) is 19.2. The second-order valence-corrected chi connectivity index (χ2v) is 8.29. The van der Waals surface area contributed by atoms with Crippen molar-refractivity contribution in [2.45, 2.75) is 19.9 Å². The molecule has 1 atom stereocenters. The number of aromatic nitrogens is 4. The highest BCUT2D eigenvalue weighted by atomic mass is 35.5. The minimum absolute atomic E-state index is 0.133. The third-order valence-corrected chi connectivity index (χ3v) is 5.83. The van der Waals surface area contributed by atoms with Gasteiger partial charge in [0.2, 0.25) is 5.91 Å². The minimum Gasteiger partial charge on any atom is -0.375 e. The highest BCUT2D eigenvalue weighted by Crippen LogP contribution is 2.32. The highest BCUT2D eigenvalue weighted by molar-refractivity contribution is 6.33. The van der Waals surface area contributed by atoms with Crippen LogP contribution in [0, 0.1) is 0 Å². The Balaban J connectivity index is 1.73. The van der Waals surface area contributed by atoms with Crippen LogP contribution in [0.2, 0.25) is 5.02 Å². The van der Waals surface area contributed by atoms with Crippen molar-refractivity contribution in [1.82, 2.24) is 19.5 Å². The number of fused-ring (bicyclic) bond motifs is 1. The number of nitrogens with zero attached hydrogens (tertiary/aromatic N) is 5. The Bertz CT molecular complexity index is 1420. The fourth-order valence-corrected chi connectivity index (χ4v) is 3.66. The lowest BCUT2D eigenvalue weighted by Gasteiger charge is -2.18. The number of aryl methyl sites for hydroxylation is 1. The molecule has 0 radical (unpaired) electrons. The van der Waals surface area contributed by atoms with Gasteiger partial charge in [0.1, 0.15) is 11.6 Å². The molecule has 0 saturated carbocycles. The molecule has 9 nitrogen and oxygen atoms in total. The van der Waals surface area contributed by atoms with Crippen LogP contribution in [0.15, 0.2) is 59.8 Å². The molecule has 1 unspecified atom stereocenters. The lowest BCUT2D eigenvalue weighted by atomic mass is 10.1. The summed E-state index contributed by atoms with van der Waals surface area (Å²) < 4.78 is 1.59. The number of hydrogen-bond acceptors (Lipinski definition) is 7. The first-order valence-electron chi connectivity index (χ1n) is 10.6. The van der Waals surface area contributed by atoms with Crippen molar-refractivity contribution in [2.24, 2.45) is 7.05 Å². The molecule has 0 bridgehead atoms. The Morgan fingerprint density at radius 2 is 1.85 bits per heavy atom. The topological polar surface area (TPSA) is 105 Å². The molecule has 0 aliphatic heterocycles. The van der Waals surface area contributed by atoms with Crippen LogP contribution in [0.5, 0.6) is 0 Å². The van der Waals surface area contributed by atoms with Gasteiger partial charge >= 0.3 is 0 Å². The summed E-state index contributed by atoms with van der Waals surface area (Å²) in [5.41, 5.74) is 2.65. The molecule has 0 fully saturated rings. The van der Waals surface area contributed by atoms with E-state index in [0.717, 1.165) is 16.6 Å². The maximum Gasteiger partial charge on any atom is 0.252 e. The summed E-state index contributed by atoms with van der Waals surface area (Å²) >= 11 is 6.36. The van der Waals surface area contributed by atoms with E-state index < -0.39 is 0 Å². The van der Waals surface area contributed by atoms with Crippen LogP contribution in [-0.2, 0) is 11.8 Å². The molecular weight excluding hydrogens is 454 g/mol. The SMILES string of the molecule is CC(=O)N(C)c1cc(Nc2ccc3c(c2)c(NC(C)c2ncccn2)cc(=O)n3C)c(Cl)cn1. The van der Waals surface area contributed by atoms with E-state index in [0.29, 0.717) is 28.0 Å². The second kappa shape index (κ2) is 9.48. The molecule has 4 aromatic rings. The number of nitrogens with one attached hydrogen (secondary N) is 2. The molecule has 10 heteroatoms. The lowest BCUT2D eigenvalue weighted by Crippen LogP contribution is -2.23. The first kappa shape index (κ1) is 23.2. The van der Waals surface area contributed by atoms with E-state index in [1.165, 1.54) is 18.0 Å². The fraction of sp³-hybridized carbons (Fsp3) is 0.208. The third-order valence-electron chi connectivity index (χ3n) is 5.53. The van der Waals surface area contributed by atoms with E-state index >= 15 is 0 Å². The fourth-order valence-electron chi connectivity index (χ4n) is 3.51. The van der Waals surface area contributed by atoms with Gasteiger partial charge in [0.25, 0.3) is 5.56 Å². The van der Waals surface area contributed by atoms with Crippen molar-refractivity contribution in [2.75, 3.05) is 22.6 Å².